The largest absolute Gasteiger partial charge is 0.439 e. The van der Waals surface area contributed by atoms with Gasteiger partial charge in [0.1, 0.15) is 6.10 Å². The number of fused-ring (bicyclic) bond motifs is 1. The van der Waals surface area contributed by atoms with Crippen molar-refractivity contribution in [2.75, 3.05) is 0 Å². The fraction of sp³-hybridized carbons (Fsp3) is 0.286. The van der Waals surface area contributed by atoms with E-state index in [4.69, 9.17) is 4.74 Å². The van der Waals surface area contributed by atoms with Gasteiger partial charge in [-0.3, -0.25) is 4.79 Å². The van der Waals surface area contributed by atoms with E-state index in [0.29, 0.717) is 5.56 Å². The molecule has 2 amide bonds. The van der Waals surface area contributed by atoms with Gasteiger partial charge in [0.05, 0.1) is 33.8 Å². The molecule has 0 spiro atoms. The number of thiazole rings is 1. The number of aromatic nitrogens is 1. The van der Waals surface area contributed by atoms with Gasteiger partial charge < -0.3 is 9.84 Å². The van der Waals surface area contributed by atoms with Gasteiger partial charge in [0.2, 0.25) is 5.91 Å². The third-order valence-corrected chi connectivity index (χ3v) is 5.89. The van der Waals surface area contributed by atoms with Crippen molar-refractivity contribution >= 4 is 33.6 Å². The molecule has 3 aromatic rings. The van der Waals surface area contributed by atoms with Gasteiger partial charge in [-0.25, -0.2) is 14.7 Å². The highest BCUT2D eigenvalue weighted by Gasteiger charge is 2.43. The Morgan fingerprint density at radius 1 is 1.29 bits per heavy atom. The first-order chi connectivity index (χ1) is 13.4. The SMILES string of the molecule is Cc1nc2cc([C@@H](O)CC(=O)N3C(=O)O[C@H](c4ccccc4)[C@@H]3C)ccc2s1. The number of hydrogen-bond acceptors (Lipinski definition) is 6. The molecule has 1 aliphatic heterocycles. The first-order valence-electron chi connectivity index (χ1n) is 9.07. The molecule has 3 atom stereocenters. The first-order valence-corrected chi connectivity index (χ1v) is 9.88. The quantitative estimate of drug-likeness (QED) is 0.717. The standard InChI is InChI=1S/C21H20N2O4S/c1-12-20(14-6-4-3-5-7-14)27-21(26)23(12)19(25)11-17(24)15-8-9-18-16(10-15)22-13(2)28-18/h3-10,12,17,20,24H,11H2,1-2H3/t12-,17-,20-/m0/s1. The molecular weight excluding hydrogens is 376 g/mol. The van der Waals surface area contributed by atoms with E-state index in [9.17, 15) is 14.7 Å². The fourth-order valence-electron chi connectivity index (χ4n) is 3.53. The van der Waals surface area contributed by atoms with E-state index in [1.54, 1.807) is 30.4 Å². The molecule has 1 N–H and O–H groups in total. The Bertz CT molecular complexity index is 1030. The maximum Gasteiger partial charge on any atom is 0.417 e. The van der Waals surface area contributed by atoms with Crippen molar-refractivity contribution in [2.45, 2.75) is 38.5 Å². The van der Waals surface area contributed by atoms with Gasteiger partial charge in [-0.1, -0.05) is 36.4 Å². The minimum Gasteiger partial charge on any atom is -0.439 e. The minimum atomic E-state index is -1.02. The highest BCUT2D eigenvalue weighted by atomic mass is 32.1. The zero-order valence-electron chi connectivity index (χ0n) is 15.5. The fourth-order valence-corrected chi connectivity index (χ4v) is 4.34. The molecule has 144 valence electrons. The van der Waals surface area contributed by atoms with Crippen LogP contribution in [0.4, 0.5) is 4.79 Å². The summed E-state index contributed by atoms with van der Waals surface area (Å²) in [5, 5.41) is 11.5. The first kappa shape index (κ1) is 18.6. The van der Waals surface area contributed by atoms with Crippen molar-refractivity contribution < 1.29 is 19.4 Å². The van der Waals surface area contributed by atoms with Gasteiger partial charge in [0.15, 0.2) is 0 Å². The van der Waals surface area contributed by atoms with E-state index in [2.05, 4.69) is 4.98 Å². The van der Waals surface area contributed by atoms with Gasteiger partial charge in [-0.15, -0.1) is 11.3 Å². The van der Waals surface area contributed by atoms with Gasteiger partial charge in [-0.05, 0) is 37.1 Å². The van der Waals surface area contributed by atoms with E-state index in [0.717, 1.165) is 25.7 Å². The highest BCUT2D eigenvalue weighted by Crippen LogP contribution is 2.34. The zero-order chi connectivity index (χ0) is 19.8. The maximum atomic E-state index is 12.7. The summed E-state index contributed by atoms with van der Waals surface area (Å²) in [7, 11) is 0. The number of cyclic esters (lactones) is 1. The number of aliphatic hydroxyl groups is 1. The lowest BCUT2D eigenvalue weighted by atomic mass is 10.0. The lowest BCUT2D eigenvalue weighted by molar-refractivity contribution is -0.131. The van der Waals surface area contributed by atoms with Crippen LogP contribution in [0.1, 0.15) is 41.7 Å². The monoisotopic (exact) mass is 396 g/mol. The molecule has 4 rings (SSSR count). The van der Waals surface area contributed by atoms with Crippen LogP contribution in [0, 0.1) is 6.92 Å². The summed E-state index contributed by atoms with van der Waals surface area (Å²) in [4.78, 5) is 30.6. The molecule has 2 aromatic carbocycles. The molecule has 1 saturated heterocycles. The molecule has 2 heterocycles. The van der Waals surface area contributed by atoms with E-state index >= 15 is 0 Å². The Kier molecular flexibility index (Phi) is 4.87. The summed E-state index contributed by atoms with van der Waals surface area (Å²) in [6.07, 6.45) is -2.40. The van der Waals surface area contributed by atoms with Crippen LogP contribution in [-0.2, 0) is 9.53 Å². The molecule has 0 bridgehead atoms. The van der Waals surface area contributed by atoms with Crippen molar-refractivity contribution in [2.24, 2.45) is 0 Å². The normalized spacial score (nSPS) is 20.4. The van der Waals surface area contributed by atoms with Crippen LogP contribution >= 0.6 is 11.3 Å². The molecule has 0 saturated carbocycles. The number of carbonyl (C=O) groups is 2. The van der Waals surface area contributed by atoms with E-state index in [1.165, 1.54) is 0 Å². The Balaban J connectivity index is 1.49. The highest BCUT2D eigenvalue weighted by molar-refractivity contribution is 7.18. The second-order valence-corrected chi connectivity index (χ2v) is 8.13. The second kappa shape index (κ2) is 7.33. The van der Waals surface area contributed by atoms with E-state index < -0.39 is 30.3 Å². The number of imide groups is 1. The summed E-state index contributed by atoms with van der Waals surface area (Å²) in [5.41, 5.74) is 2.24. The molecule has 0 radical (unpaired) electrons. The third kappa shape index (κ3) is 3.39. The number of aliphatic hydroxyl groups excluding tert-OH is 1. The average Bonchev–Trinajstić information content (AvgIpc) is 3.19. The van der Waals surface area contributed by atoms with Crippen LogP contribution in [0.15, 0.2) is 48.5 Å². The summed E-state index contributed by atoms with van der Waals surface area (Å²) in [5.74, 6) is -0.460. The lowest BCUT2D eigenvalue weighted by Gasteiger charge is -2.20. The molecule has 1 aliphatic rings. The maximum absolute atomic E-state index is 12.7. The van der Waals surface area contributed by atoms with E-state index in [1.807, 2.05) is 43.3 Å². The smallest absolute Gasteiger partial charge is 0.417 e. The van der Waals surface area contributed by atoms with Gasteiger partial charge in [-0.2, -0.15) is 0 Å². The van der Waals surface area contributed by atoms with Gasteiger partial charge in [0.25, 0.3) is 0 Å². The Hall–Kier alpha value is -2.77. The van der Waals surface area contributed by atoms with Gasteiger partial charge in [0, 0.05) is 0 Å². The zero-order valence-corrected chi connectivity index (χ0v) is 16.3. The van der Waals surface area contributed by atoms with Crippen molar-refractivity contribution in [1.82, 2.24) is 9.88 Å². The number of benzene rings is 2. The third-order valence-electron chi connectivity index (χ3n) is 4.94. The number of ether oxygens (including phenoxy) is 1. The predicted molar refractivity (Wildman–Crippen MR) is 106 cm³/mol. The Morgan fingerprint density at radius 3 is 2.79 bits per heavy atom. The summed E-state index contributed by atoms with van der Waals surface area (Å²) in [6, 6.07) is 14.3. The molecule has 7 heteroatoms. The Morgan fingerprint density at radius 2 is 2.04 bits per heavy atom. The lowest BCUT2D eigenvalue weighted by Crippen LogP contribution is -2.38. The number of hydrogen-bond donors (Lipinski definition) is 1. The average molecular weight is 396 g/mol. The number of nitrogens with zero attached hydrogens (tertiary/aromatic N) is 2. The number of carbonyl (C=O) groups excluding carboxylic acids is 2. The summed E-state index contributed by atoms with van der Waals surface area (Å²) in [6.45, 7) is 3.70. The van der Waals surface area contributed by atoms with Crippen molar-refractivity contribution in [3.63, 3.8) is 0 Å². The molecule has 0 aliphatic carbocycles. The van der Waals surface area contributed by atoms with Gasteiger partial charge >= 0.3 is 6.09 Å². The van der Waals surface area contributed by atoms with Crippen LogP contribution in [-0.4, -0.2) is 33.0 Å². The topological polar surface area (TPSA) is 79.7 Å². The molecule has 28 heavy (non-hydrogen) atoms. The van der Waals surface area contributed by atoms with Crippen LogP contribution < -0.4 is 0 Å². The number of amides is 2. The van der Waals surface area contributed by atoms with Crippen LogP contribution in [0.5, 0.6) is 0 Å². The minimum absolute atomic E-state index is 0.199. The molecule has 1 fully saturated rings. The molecule has 6 nitrogen and oxygen atoms in total. The van der Waals surface area contributed by atoms with Crippen LogP contribution in [0.25, 0.3) is 10.2 Å². The molecular formula is C21H20N2O4S. The van der Waals surface area contributed by atoms with Crippen molar-refractivity contribution in [1.29, 1.82) is 0 Å². The Labute approximate surface area is 166 Å². The number of aryl methyl sites for hydroxylation is 1. The van der Waals surface area contributed by atoms with Crippen LogP contribution in [0.3, 0.4) is 0 Å². The second-order valence-electron chi connectivity index (χ2n) is 6.90. The summed E-state index contributed by atoms with van der Waals surface area (Å²) >= 11 is 1.58. The number of rotatable bonds is 4. The van der Waals surface area contributed by atoms with Crippen molar-refractivity contribution in [3.8, 4) is 0 Å². The predicted octanol–water partition coefficient (Wildman–Crippen LogP) is 4.14. The van der Waals surface area contributed by atoms with Crippen molar-refractivity contribution in [3.05, 3.63) is 64.7 Å². The molecule has 0 unspecified atom stereocenters. The summed E-state index contributed by atoms with van der Waals surface area (Å²) < 4.78 is 6.45. The van der Waals surface area contributed by atoms with E-state index in [-0.39, 0.29) is 6.42 Å². The molecule has 1 aromatic heterocycles. The van der Waals surface area contributed by atoms with Crippen LogP contribution in [0.2, 0.25) is 0 Å².